The van der Waals surface area contributed by atoms with Crippen LogP contribution in [0.15, 0.2) is 23.3 Å². The number of nitrogens with one attached hydrogen (secondary N) is 1. The van der Waals surface area contributed by atoms with Crippen molar-refractivity contribution in [3.63, 3.8) is 0 Å². The third-order valence-corrected chi connectivity index (χ3v) is 1.88. The van der Waals surface area contributed by atoms with Gasteiger partial charge in [-0.1, -0.05) is 13.0 Å². The Hall–Kier alpha value is -1.46. The highest BCUT2D eigenvalue weighted by molar-refractivity contribution is 5.58. The van der Waals surface area contributed by atoms with Gasteiger partial charge in [-0.2, -0.15) is 0 Å². The SMILES string of the molecule is C[C@H](CO)c1ccc(N=CNN)nc1. The molecule has 0 saturated heterocycles. The molecule has 0 aromatic carbocycles. The highest BCUT2D eigenvalue weighted by atomic mass is 16.3. The third-order valence-electron chi connectivity index (χ3n) is 1.88. The molecule has 0 fully saturated rings. The molecule has 0 aliphatic heterocycles. The second kappa shape index (κ2) is 5.31. The number of aliphatic hydroxyl groups excluding tert-OH is 1. The van der Waals surface area contributed by atoms with Gasteiger partial charge in [0, 0.05) is 18.7 Å². The first-order valence-corrected chi connectivity index (χ1v) is 4.33. The summed E-state index contributed by atoms with van der Waals surface area (Å²) in [5, 5.41) is 8.92. The van der Waals surface area contributed by atoms with Crippen LogP contribution in [0.3, 0.4) is 0 Å². The summed E-state index contributed by atoms with van der Waals surface area (Å²) >= 11 is 0. The van der Waals surface area contributed by atoms with Gasteiger partial charge in [-0.25, -0.2) is 15.8 Å². The number of aliphatic imine (C=N–C) groups is 1. The highest BCUT2D eigenvalue weighted by Gasteiger charge is 2.03. The zero-order valence-electron chi connectivity index (χ0n) is 8.01. The van der Waals surface area contributed by atoms with Crippen molar-refractivity contribution < 1.29 is 5.11 Å². The fraction of sp³-hybridized carbons (Fsp3) is 0.333. The molecule has 1 aromatic rings. The number of pyridine rings is 1. The van der Waals surface area contributed by atoms with Gasteiger partial charge in [-0.05, 0) is 11.6 Å². The van der Waals surface area contributed by atoms with E-state index in [-0.39, 0.29) is 12.5 Å². The van der Waals surface area contributed by atoms with Gasteiger partial charge in [-0.15, -0.1) is 0 Å². The van der Waals surface area contributed by atoms with Crippen LogP contribution in [0.25, 0.3) is 0 Å². The number of aromatic nitrogens is 1. The largest absolute Gasteiger partial charge is 0.396 e. The van der Waals surface area contributed by atoms with Crippen LogP contribution in [0.1, 0.15) is 18.4 Å². The van der Waals surface area contributed by atoms with E-state index in [1.807, 2.05) is 13.0 Å². The summed E-state index contributed by atoms with van der Waals surface area (Å²) < 4.78 is 0. The molecule has 76 valence electrons. The van der Waals surface area contributed by atoms with Crippen LogP contribution in [-0.4, -0.2) is 23.0 Å². The second-order valence-electron chi connectivity index (χ2n) is 2.96. The number of nitrogens with two attached hydrogens (primary N) is 1. The minimum Gasteiger partial charge on any atom is -0.396 e. The molecule has 0 bridgehead atoms. The van der Waals surface area contributed by atoms with E-state index in [1.54, 1.807) is 12.3 Å². The number of rotatable bonds is 4. The Labute approximate surface area is 82.7 Å². The Balaban J connectivity index is 2.73. The van der Waals surface area contributed by atoms with Crippen molar-refractivity contribution >= 4 is 12.2 Å². The third kappa shape index (κ3) is 2.79. The van der Waals surface area contributed by atoms with Gasteiger partial charge < -0.3 is 10.5 Å². The maximum absolute atomic E-state index is 8.92. The van der Waals surface area contributed by atoms with Crippen molar-refractivity contribution in [1.82, 2.24) is 10.4 Å². The van der Waals surface area contributed by atoms with E-state index >= 15 is 0 Å². The number of hydrogen-bond donors (Lipinski definition) is 3. The molecule has 1 aromatic heterocycles. The fourth-order valence-corrected chi connectivity index (χ4v) is 0.974. The van der Waals surface area contributed by atoms with Crippen molar-refractivity contribution in [2.75, 3.05) is 6.61 Å². The van der Waals surface area contributed by atoms with Crippen molar-refractivity contribution in [3.05, 3.63) is 23.9 Å². The molecule has 0 amide bonds. The molecule has 0 aliphatic carbocycles. The van der Waals surface area contributed by atoms with E-state index in [1.165, 1.54) is 6.34 Å². The first-order valence-electron chi connectivity index (χ1n) is 4.33. The predicted molar refractivity (Wildman–Crippen MR) is 55.2 cm³/mol. The average molecular weight is 194 g/mol. The molecule has 5 heteroatoms. The number of hydrogen-bond acceptors (Lipinski definition) is 4. The molecular formula is C9H14N4O. The van der Waals surface area contributed by atoms with Crippen molar-refractivity contribution in [2.24, 2.45) is 10.8 Å². The second-order valence-corrected chi connectivity index (χ2v) is 2.96. The number of aliphatic hydroxyl groups is 1. The van der Waals surface area contributed by atoms with Crippen LogP contribution in [0, 0.1) is 0 Å². The van der Waals surface area contributed by atoms with E-state index in [0.717, 1.165) is 5.56 Å². The molecule has 0 unspecified atom stereocenters. The van der Waals surface area contributed by atoms with Gasteiger partial charge in [0.05, 0.1) is 0 Å². The lowest BCUT2D eigenvalue weighted by Crippen LogP contribution is -2.18. The number of hydrazine groups is 1. The molecule has 5 nitrogen and oxygen atoms in total. The lowest BCUT2D eigenvalue weighted by molar-refractivity contribution is 0.273. The minimum atomic E-state index is 0.105. The van der Waals surface area contributed by atoms with Gasteiger partial charge in [0.1, 0.15) is 6.34 Å². The Morgan fingerprint density at radius 2 is 2.50 bits per heavy atom. The molecule has 14 heavy (non-hydrogen) atoms. The Kier molecular flexibility index (Phi) is 4.03. The van der Waals surface area contributed by atoms with E-state index in [9.17, 15) is 0 Å². The van der Waals surface area contributed by atoms with Gasteiger partial charge in [0.2, 0.25) is 0 Å². The van der Waals surface area contributed by atoms with Crippen LogP contribution in [0.4, 0.5) is 5.82 Å². The highest BCUT2D eigenvalue weighted by Crippen LogP contribution is 2.15. The minimum absolute atomic E-state index is 0.105. The van der Waals surface area contributed by atoms with Gasteiger partial charge in [0.15, 0.2) is 5.82 Å². The molecule has 1 heterocycles. The maximum Gasteiger partial charge on any atom is 0.153 e. The fourth-order valence-electron chi connectivity index (χ4n) is 0.974. The molecular weight excluding hydrogens is 180 g/mol. The van der Waals surface area contributed by atoms with Crippen molar-refractivity contribution in [1.29, 1.82) is 0 Å². The summed E-state index contributed by atoms with van der Waals surface area (Å²) in [5.74, 6) is 5.70. The van der Waals surface area contributed by atoms with Gasteiger partial charge in [-0.3, -0.25) is 0 Å². The normalized spacial score (nSPS) is 13.1. The summed E-state index contributed by atoms with van der Waals surface area (Å²) in [5.41, 5.74) is 3.29. The van der Waals surface area contributed by atoms with E-state index in [0.29, 0.717) is 5.82 Å². The van der Waals surface area contributed by atoms with Crippen LogP contribution in [0.5, 0.6) is 0 Å². The smallest absolute Gasteiger partial charge is 0.153 e. The average Bonchev–Trinajstić information content (AvgIpc) is 2.26. The molecule has 1 atom stereocenters. The summed E-state index contributed by atoms with van der Waals surface area (Å²) in [6, 6.07) is 3.66. The van der Waals surface area contributed by atoms with E-state index < -0.39 is 0 Å². The maximum atomic E-state index is 8.92. The Morgan fingerprint density at radius 3 is 3.00 bits per heavy atom. The van der Waals surface area contributed by atoms with Gasteiger partial charge in [0.25, 0.3) is 0 Å². The Bertz CT molecular complexity index is 296. The summed E-state index contributed by atoms with van der Waals surface area (Å²) in [6.07, 6.45) is 3.06. The van der Waals surface area contributed by atoms with Gasteiger partial charge >= 0.3 is 0 Å². The quantitative estimate of drug-likeness (QED) is 0.278. The summed E-state index contributed by atoms with van der Waals surface area (Å²) in [4.78, 5) is 8.00. The van der Waals surface area contributed by atoms with Crippen LogP contribution in [0.2, 0.25) is 0 Å². The van der Waals surface area contributed by atoms with Crippen LogP contribution in [-0.2, 0) is 0 Å². The number of nitrogens with zero attached hydrogens (tertiary/aromatic N) is 2. The summed E-state index contributed by atoms with van der Waals surface area (Å²) in [7, 11) is 0. The molecule has 0 saturated carbocycles. The molecule has 0 aliphatic rings. The zero-order valence-corrected chi connectivity index (χ0v) is 8.01. The lowest BCUT2D eigenvalue weighted by atomic mass is 10.1. The molecule has 0 radical (unpaired) electrons. The van der Waals surface area contributed by atoms with E-state index in [2.05, 4.69) is 15.4 Å². The first-order chi connectivity index (χ1) is 6.77. The monoisotopic (exact) mass is 194 g/mol. The predicted octanol–water partition coefficient (Wildman–Crippen LogP) is 0.300. The lowest BCUT2D eigenvalue weighted by Gasteiger charge is -2.06. The van der Waals surface area contributed by atoms with Crippen LogP contribution < -0.4 is 11.3 Å². The van der Waals surface area contributed by atoms with E-state index in [4.69, 9.17) is 10.9 Å². The molecule has 1 rings (SSSR count). The van der Waals surface area contributed by atoms with Crippen molar-refractivity contribution in [2.45, 2.75) is 12.8 Å². The topological polar surface area (TPSA) is 83.5 Å². The molecule has 4 N–H and O–H groups in total. The van der Waals surface area contributed by atoms with Crippen LogP contribution >= 0.6 is 0 Å². The van der Waals surface area contributed by atoms with Crippen molar-refractivity contribution in [3.8, 4) is 0 Å². The molecule has 0 spiro atoms. The standard InChI is InChI=1S/C9H14N4O/c1-7(5-14)8-2-3-9(11-4-8)12-6-13-10/h2-4,6-7,14H,5,10H2,1H3,(H,11,12,13)/t7-/m1/s1. The Morgan fingerprint density at radius 1 is 1.71 bits per heavy atom. The zero-order chi connectivity index (χ0) is 10.4. The summed E-state index contributed by atoms with van der Waals surface area (Å²) in [6.45, 7) is 2.05. The first kappa shape index (κ1) is 10.6.